The molecule has 0 aliphatic rings. The molecule has 5 heteroatoms. The van der Waals surface area contributed by atoms with E-state index in [0.29, 0.717) is 26.1 Å². The number of amides is 1. The van der Waals surface area contributed by atoms with Gasteiger partial charge in [0.1, 0.15) is 5.75 Å². The Morgan fingerprint density at radius 1 is 1.30 bits per heavy atom. The Kier molecular flexibility index (Phi) is 9.86. The van der Waals surface area contributed by atoms with E-state index in [2.05, 4.69) is 5.32 Å². The maximum atomic E-state index is 11.5. The van der Waals surface area contributed by atoms with Gasteiger partial charge in [-0.1, -0.05) is 12.1 Å². The van der Waals surface area contributed by atoms with E-state index in [0.717, 1.165) is 29.7 Å². The molecule has 0 unspecified atom stereocenters. The van der Waals surface area contributed by atoms with Crippen LogP contribution in [0.15, 0.2) is 18.2 Å². The number of nitrogens with one attached hydrogen (secondary N) is 1. The van der Waals surface area contributed by atoms with Crippen LogP contribution in [0.5, 0.6) is 5.75 Å². The van der Waals surface area contributed by atoms with Crippen LogP contribution in [-0.2, 0) is 4.79 Å². The highest BCUT2D eigenvalue weighted by molar-refractivity contribution is 5.85. The molecule has 0 radical (unpaired) electrons. The Bertz CT molecular complexity index is 411. The van der Waals surface area contributed by atoms with E-state index >= 15 is 0 Å². The molecule has 0 heterocycles. The average Bonchev–Trinajstić information content (AvgIpc) is 2.39. The maximum Gasteiger partial charge on any atom is 0.223 e. The monoisotopic (exact) mass is 300 g/mol. The summed E-state index contributed by atoms with van der Waals surface area (Å²) in [6.07, 6.45) is 2.26. The lowest BCUT2D eigenvalue weighted by atomic mass is 10.1. The molecule has 1 amide bonds. The van der Waals surface area contributed by atoms with Crippen molar-refractivity contribution in [2.45, 2.75) is 33.1 Å². The summed E-state index contributed by atoms with van der Waals surface area (Å²) in [7, 11) is 0. The molecule has 0 saturated carbocycles. The molecule has 0 fully saturated rings. The molecular formula is C15H25ClN2O2. The van der Waals surface area contributed by atoms with Crippen molar-refractivity contribution in [3.05, 3.63) is 29.3 Å². The van der Waals surface area contributed by atoms with Gasteiger partial charge in [0.05, 0.1) is 13.0 Å². The Labute approximate surface area is 127 Å². The molecule has 1 rings (SSSR count). The number of benzene rings is 1. The Balaban J connectivity index is 0.00000361. The van der Waals surface area contributed by atoms with Crippen molar-refractivity contribution in [2.75, 3.05) is 19.7 Å². The number of carbonyl (C=O) groups is 1. The predicted octanol–water partition coefficient (Wildman–Crippen LogP) is 2.35. The molecule has 1 aromatic rings. The molecule has 114 valence electrons. The fourth-order valence-corrected chi connectivity index (χ4v) is 1.70. The summed E-state index contributed by atoms with van der Waals surface area (Å²) in [5, 5.41) is 2.86. The number of halogens is 1. The van der Waals surface area contributed by atoms with Crippen LogP contribution in [0.2, 0.25) is 0 Å². The Morgan fingerprint density at radius 2 is 2.05 bits per heavy atom. The minimum absolute atomic E-state index is 0. The first-order chi connectivity index (χ1) is 9.13. The number of rotatable bonds is 8. The van der Waals surface area contributed by atoms with E-state index in [9.17, 15) is 4.79 Å². The van der Waals surface area contributed by atoms with Gasteiger partial charge < -0.3 is 15.8 Å². The van der Waals surface area contributed by atoms with E-state index in [1.807, 2.05) is 32.0 Å². The molecule has 1 aromatic carbocycles. The first kappa shape index (κ1) is 18.7. The molecule has 0 saturated heterocycles. The van der Waals surface area contributed by atoms with E-state index in [-0.39, 0.29) is 18.3 Å². The van der Waals surface area contributed by atoms with Gasteiger partial charge in [0.25, 0.3) is 0 Å². The van der Waals surface area contributed by atoms with Crippen LogP contribution >= 0.6 is 12.4 Å². The zero-order valence-corrected chi connectivity index (χ0v) is 13.1. The third-order valence-corrected chi connectivity index (χ3v) is 2.88. The topological polar surface area (TPSA) is 64.3 Å². The van der Waals surface area contributed by atoms with Gasteiger partial charge in [0, 0.05) is 6.54 Å². The number of hydrogen-bond acceptors (Lipinski definition) is 3. The summed E-state index contributed by atoms with van der Waals surface area (Å²) in [6.45, 7) is 5.80. The number of hydrogen-bond donors (Lipinski definition) is 2. The van der Waals surface area contributed by atoms with E-state index < -0.39 is 0 Å². The lowest BCUT2D eigenvalue weighted by Crippen LogP contribution is -2.26. The van der Waals surface area contributed by atoms with Crippen LogP contribution in [0.4, 0.5) is 0 Å². The Morgan fingerprint density at radius 3 is 2.75 bits per heavy atom. The molecule has 0 spiro atoms. The minimum Gasteiger partial charge on any atom is -0.493 e. The van der Waals surface area contributed by atoms with Crippen molar-refractivity contribution < 1.29 is 9.53 Å². The fourth-order valence-electron chi connectivity index (χ4n) is 1.70. The van der Waals surface area contributed by atoms with Crippen LogP contribution in [-0.4, -0.2) is 25.6 Å². The van der Waals surface area contributed by atoms with Crippen LogP contribution in [0, 0.1) is 13.8 Å². The van der Waals surface area contributed by atoms with Crippen LogP contribution in [0.1, 0.15) is 30.4 Å². The van der Waals surface area contributed by atoms with Gasteiger partial charge in [0.2, 0.25) is 5.91 Å². The highest BCUT2D eigenvalue weighted by Gasteiger charge is 2.03. The van der Waals surface area contributed by atoms with E-state index in [1.165, 1.54) is 0 Å². The smallest absolute Gasteiger partial charge is 0.223 e. The standard InChI is InChI=1S/C15H24N2O2.ClH/c1-12-5-6-13(2)14(11-12)19-10-7-15(18)17-9-4-3-8-16;/h5-6,11H,3-4,7-10,16H2,1-2H3,(H,17,18);1H. The summed E-state index contributed by atoms with van der Waals surface area (Å²) in [4.78, 5) is 11.5. The lowest BCUT2D eigenvalue weighted by molar-refractivity contribution is -0.121. The zero-order chi connectivity index (χ0) is 14.1. The van der Waals surface area contributed by atoms with Gasteiger partial charge in [-0.05, 0) is 50.4 Å². The molecular weight excluding hydrogens is 276 g/mol. The molecule has 3 N–H and O–H groups in total. The van der Waals surface area contributed by atoms with Gasteiger partial charge in [-0.15, -0.1) is 12.4 Å². The summed E-state index contributed by atoms with van der Waals surface area (Å²) in [5.74, 6) is 0.887. The summed E-state index contributed by atoms with van der Waals surface area (Å²) >= 11 is 0. The Hall–Kier alpha value is -1.26. The predicted molar refractivity (Wildman–Crippen MR) is 84.6 cm³/mol. The average molecular weight is 301 g/mol. The normalized spacial score (nSPS) is 9.75. The molecule has 0 aromatic heterocycles. The van der Waals surface area contributed by atoms with E-state index in [4.69, 9.17) is 10.5 Å². The number of unbranched alkanes of at least 4 members (excludes halogenated alkanes) is 1. The number of aryl methyl sites for hydroxylation is 2. The van der Waals surface area contributed by atoms with E-state index in [1.54, 1.807) is 0 Å². The molecule has 4 nitrogen and oxygen atoms in total. The number of carbonyl (C=O) groups excluding carboxylic acids is 1. The molecule has 0 atom stereocenters. The summed E-state index contributed by atoms with van der Waals surface area (Å²) in [6, 6.07) is 6.07. The number of ether oxygens (including phenoxy) is 1. The second kappa shape index (κ2) is 10.5. The summed E-state index contributed by atoms with van der Waals surface area (Å²) < 4.78 is 5.63. The quantitative estimate of drug-likeness (QED) is 0.724. The van der Waals surface area contributed by atoms with Gasteiger partial charge in [-0.3, -0.25) is 4.79 Å². The minimum atomic E-state index is 0. The highest BCUT2D eigenvalue weighted by atomic mass is 35.5. The lowest BCUT2D eigenvalue weighted by Gasteiger charge is -2.10. The van der Waals surface area contributed by atoms with Crippen molar-refractivity contribution in [3.63, 3.8) is 0 Å². The SMILES string of the molecule is Cc1ccc(C)c(OCCC(=O)NCCCCN)c1.Cl. The van der Waals surface area contributed by atoms with Crippen molar-refractivity contribution in [1.82, 2.24) is 5.32 Å². The third-order valence-electron chi connectivity index (χ3n) is 2.88. The molecule has 0 aliphatic carbocycles. The van der Waals surface area contributed by atoms with Crippen LogP contribution in [0.25, 0.3) is 0 Å². The van der Waals surface area contributed by atoms with Crippen molar-refractivity contribution in [3.8, 4) is 5.75 Å². The molecule has 20 heavy (non-hydrogen) atoms. The number of nitrogens with two attached hydrogens (primary N) is 1. The molecule has 0 bridgehead atoms. The highest BCUT2D eigenvalue weighted by Crippen LogP contribution is 2.19. The fraction of sp³-hybridized carbons (Fsp3) is 0.533. The van der Waals surface area contributed by atoms with Crippen molar-refractivity contribution in [2.24, 2.45) is 5.73 Å². The molecule has 0 aliphatic heterocycles. The zero-order valence-electron chi connectivity index (χ0n) is 12.3. The largest absolute Gasteiger partial charge is 0.493 e. The first-order valence-corrected chi connectivity index (χ1v) is 6.80. The summed E-state index contributed by atoms with van der Waals surface area (Å²) in [5.41, 5.74) is 7.63. The van der Waals surface area contributed by atoms with Gasteiger partial charge in [-0.25, -0.2) is 0 Å². The third kappa shape index (κ3) is 7.36. The van der Waals surface area contributed by atoms with Gasteiger partial charge in [0.15, 0.2) is 0 Å². The van der Waals surface area contributed by atoms with Gasteiger partial charge >= 0.3 is 0 Å². The van der Waals surface area contributed by atoms with Crippen molar-refractivity contribution >= 4 is 18.3 Å². The maximum absolute atomic E-state index is 11.5. The second-order valence-electron chi connectivity index (χ2n) is 4.71. The van der Waals surface area contributed by atoms with Crippen LogP contribution < -0.4 is 15.8 Å². The van der Waals surface area contributed by atoms with Gasteiger partial charge in [-0.2, -0.15) is 0 Å². The second-order valence-corrected chi connectivity index (χ2v) is 4.71. The van der Waals surface area contributed by atoms with Crippen molar-refractivity contribution in [1.29, 1.82) is 0 Å². The first-order valence-electron chi connectivity index (χ1n) is 6.80. The van der Waals surface area contributed by atoms with Crippen LogP contribution in [0.3, 0.4) is 0 Å².